The van der Waals surface area contributed by atoms with Crippen LogP contribution in [0.3, 0.4) is 0 Å². The van der Waals surface area contributed by atoms with Crippen molar-refractivity contribution in [3.63, 3.8) is 0 Å². The highest BCUT2D eigenvalue weighted by atomic mass is 16.5. The third-order valence-corrected chi connectivity index (χ3v) is 4.48. The summed E-state index contributed by atoms with van der Waals surface area (Å²) in [5.41, 5.74) is 3.74. The zero-order valence-corrected chi connectivity index (χ0v) is 14.7. The molecule has 0 radical (unpaired) electrons. The molecule has 3 heteroatoms. The molecule has 2 rings (SSSR count). The largest absolute Gasteiger partial charge is 0.458 e. The second-order valence-corrected chi connectivity index (χ2v) is 7.98. The Labute approximate surface area is 133 Å². The van der Waals surface area contributed by atoms with E-state index in [1.54, 1.807) is 6.92 Å². The molecule has 0 saturated heterocycles. The van der Waals surface area contributed by atoms with Crippen LogP contribution in [0.5, 0.6) is 0 Å². The smallest absolute Gasteiger partial charge is 0.303 e. The zero-order chi connectivity index (χ0) is 16.9. The lowest BCUT2D eigenvalue weighted by molar-refractivity contribution is -0.147. The monoisotopic (exact) mass is 302 g/mol. The van der Waals surface area contributed by atoms with E-state index in [-0.39, 0.29) is 28.7 Å². The van der Waals surface area contributed by atoms with Crippen LogP contribution in [0.2, 0.25) is 0 Å². The van der Waals surface area contributed by atoms with Gasteiger partial charge in [-0.15, -0.1) is 0 Å². The molecule has 1 atom stereocenters. The van der Waals surface area contributed by atoms with Gasteiger partial charge in [-0.05, 0) is 41.4 Å². The summed E-state index contributed by atoms with van der Waals surface area (Å²) in [5.74, 6) is -0.278. The van der Waals surface area contributed by atoms with Crippen LogP contribution in [-0.4, -0.2) is 11.8 Å². The molecule has 1 unspecified atom stereocenters. The van der Waals surface area contributed by atoms with Gasteiger partial charge in [0.05, 0.1) is 0 Å². The maximum absolute atomic E-state index is 12.2. The van der Waals surface area contributed by atoms with E-state index in [1.807, 2.05) is 6.07 Å². The first-order valence-corrected chi connectivity index (χ1v) is 7.80. The summed E-state index contributed by atoms with van der Waals surface area (Å²) in [4.78, 5) is 23.6. The number of carbonyl (C=O) groups is 2. The van der Waals surface area contributed by atoms with Gasteiger partial charge in [-0.1, -0.05) is 40.7 Å². The number of ether oxygens (including phenoxy) is 1. The standard InChI is InChI=1S/C19H26O3/c1-11(20)14-8-13(18(3,4)5)9-15-17(14)16(22-12(2)21)10-19(15,6)7/h8-9,16H,10H2,1-7H3. The van der Waals surface area contributed by atoms with Crippen molar-refractivity contribution in [2.45, 2.75) is 71.8 Å². The molecule has 0 N–H and O–H groups in total. The maximum Gasteiger partial charge on any atom is 0.303 e. The summed E-state index contributed by atoms with van der Waals surface area (Å²) < 4.78 is 5.50. The summed E-state index contributed by atoms with van der Waals surface area (Å²) in [7, 11) is 0. The first kappa shape index (κ1) is 16.7. The van der Waals surface area contributed by atoms with Crippen LogP contribution in [0.4, 0.5) is 0 Å². The molecule has 3 nitrogen and oxygen atoms in total. The van der Waals surface area contributed by atoms with Crippen molar-refractivity contribution in [1.82, 2.24) is 0 Å². The van der Waals surface area contributed by atoms with E-state index in [9.17, 15) is 9.59 Å². The number of carbonyl (C=O) groups excluding carboxylic acids is 2. The Morgan fingerprint density at radius 2 is 1.77 bits per heavy atom. The van der Waals surface area contributed by atoms with Crippen molar-refractivity contribution in [2.75, 3.05) is 0 Å². The molecule has 1 aliphatic rings. The molecule has 22 heavy (non-hydrogen) atoms. The highest BCUT2D eigenvalue weighted by Crippen LogP contribution is 2.49. The Morgan fingerprint density at radius 3 is 2.23 bits per heavy atom. The van der Waals surface area contributed by atoms with Gasteiger partial charge in [0.25, 0.3) is 0 Å². The lowest BCUT2D eigenvalue weighted by Crippen LogP contribution is -2.17. The van der Waals surface area contributed by atoms with Crippen LogP contribution in [-0.2, 0) is 20.4 Å². The third-order valence-electron chi connectivity index (χ3n) is 4.48. The second kappa shape index (κ2) is 5.22. The molecule has 0 aromatic heterocycles. The van der Waals surface area contributed by atoms with Crippen molar-refractivity contribution in [2.24, 2.45) is 0 Å². The van der Waals surface area contributed by atoms with Crippen LogP contribution in [0.1, 0.15) is 88.0 Å². The fourth-order valence-corrected chi connectivity index (χ4v) is 3.26. The van der Waals surface area contributed by atoms with Crippen molar-refractivity contribution >= 4 is 11.8 Å². The van der Waals surface area contributed by atoms with E-state index < -0.39 is 0 Å². The van der Waals surface area contributed by atoms with Crippen LogP contribution >= 0.6 is 0 Å². The molecule has 1 aromatic rings. The van der Waals surface area contributed by atoms with Crippen molar-refractivity contribution in [1.29, 1.82) is 0 Å². The predicted molar refractivity (Wildman–Crippen MR) is 87.3 cm³/mol. The average molecular weight is 302 g/mol. The minimum atomic E-state index is -0.324. The van der Waals surface area contributed by atoms with E-state index >= 15 is 0 Å². The highest BCUT2D eigenvalue weighted by molar-refractivity contribution is 5.96. The van der Waals surface area contributed by atoms with Crippen molar-refractivity contribution in [3.05, 3.63) is 34.4 Å². The zero-order valence-electron chi connectivity index (χ0n) is 14.7. The molecular weight excluding hydrogens is 276 g/mol. The Balaban J connectivity index is 2.72. The van der Waals surface area contributed by atoms with E-state index in [2.05, 4.69) is 40.7 Å². The number of fused-ring (bicyclic) bond motifs is 1. The van der Waals surface area contributed by atoms with Gasteiger partial charge in [-0.2, -0.15) is 0 Å². The molecule has 120 valence electrons. The first-order chi connectivity index (χ1) is 9.93. The highest BCUT2D eigenvalue weighted by Gasteiger charge is 2.41. The lowest BCUT2D eigenvalue weighted by atomic mass is 9.79. The number of ketones is 1. The van der Waals surface area contributed by atoms with Crippen LogP contribution in [0.25, 0.3) is 0 Å². The fraction of sp³-hybridized carbons (Fsp3) is 0.579. The first-order valence-electron chi connectivity index (χ1n) is 7.80. The molecule has 0 spiro atoms. The number of hydrogen-bond acceptors (Lipinski definition) is 3. The number of hydrogen-bond donors (Lipinski definition) is 0. The van der Waals surface area contributed by atoms with Crippen LogP contribution in [0, 0.1) is 0 Å². The predicted octanol–water partition coefficient (Wildman–Crippen LogP) is 4.47. The molecule has 1 aromatic carbocycles. The molecule has 0 bridgehead atoms. The topological polar surface area (TPSA) is 43.4 Å². The van der Waals surface area contributed by atoms with E-state index in [4.69, 9.17) is 4.74 Å². The third kappa shape index (κ3) is 2.94. The molecular formula is C19H26O3. The minimum absolute atomic E-state index is 0.0252. The fourth-order valence-electron chi connectivity index (χ4n) is 3.26. The van der Waals surface area contributed by atoms with Gasteiger partial charge < -0.3 is 4.74 Å². The van der Waals surface area contributed by atoms with Gasteiger partial charge in [0.2, 0.25) is 0 Å². The van der Waals surface area contributed by atoms with Crippen LogP contribution < -0.4 is 0 Å². The van der Waals surface area contributed by atoms with Crippen LogP contribution in [0.15, 0.2) is 12.1 Å². The molecule has 0 fully saturated rings. The lowest BCUT2D eigenvalue weighted by Gasteiger charge is -2.25. The normalized spacial score (nSPS) is 19.7. The second-order valence-electron chi connectivity index (χ2n) is 7.98. The Bertz CT molecular complexity index is 633. The Kier molecular flexibility index (Phi) is 3.97. The number of Topliss-reactive ketones (excluding diaryl/α,β-unsaturated/α-hetero) is 1. The van der Waals surface area contributed by atoms with Gasteiger partial charge in [0, 0.05) is 18.1 Å². The van der Waals surface area contributed by atoms with Gasteiger partial charge in [0.1, 0.15) is 6.10 Å². The summed E-state index contributed by atoms with van der Waals surface area (Å²) in [6, 6.07) is 4.16. The molecule has 0 amide bonds. The number of benzene rings is 1. The van der Waals surface area contributed by atoms with Gasteiger partial charge in [-0.25, -0.2) is 0 Å². The van der Waals surface area contributed by atoms with E-state index in [0.717, 1.165) is 23.1 Å². The summed E-state index contributed by atoms with van der Waals surface area (Å²) in [5, 5.41) is 0. The number of esters is 1. The van der Waals surface area contributed by atoms with E-state index in [1.165, 1.54) is 6.92 Å². The van der Waals surface area contributed by atoms with Crippen molar-refractivity contribution < 1.29 is 14.3 Å². The molecule has 0 heterocycles. The van der Waals surface area contributed by atoms with Gasteiger partial charge >= 0.3 is 5.97 Å². The summed E-state index contributed by atoms with van der Waals surface area (Å²) in [6.07, 6.45) is 0.394. The van der Waals surface area contributed by atoms with E-state index in [0.29, 0.717) is 5.56 Å². The quantitative estimate of drug-likeness (QED) is 0.598. The molecule has 1 aliphatic carbocycles. The average Bonchev–Trinajstić information content (AvgIpc) is 2.58. The summed E-state index contributed by atoms with van der Waals surface area (Å²) >= 11 is 0. The SMILES string of the molecule is CC(=O)OC1CC(C)(C)c2cc(C(C)(C)C)cc(C(C)=O)c21. The van der Waals surface area contributed by atoms with Crippen molar-refractivity contribution in [3.8, 4) is 0 Å². The maximum atomic E-state index is 12.2. The van der Waals surface area contributed by atoms with Gasteiger partial charge in [-0.3, -0.25) is 9.59 Å². The number of rotatable bonds is 2. The Morgan fingerprint density at radius 1 is 1.18 bits per heavy atom. The minimum Gasteiger partial charge on any atom is -0.458 e. The Hall–Kier alpha value is -1.64. The van der Waals surface area contributed by atoms with Gasteiger partial charge in [0.15, 0.2) is 5.78 Å². The molecule has 0 saturated carbocycles. The molecule has 0 aliphatic heterocycles. The summed E-state index contributed by atoms with van der Waals surface area (Å²) in [6.45, 7) is 13.7.